The van der Waals surface area contributed by atoms with Gasteiger partial charge in [-0.3, -0.25) is 9.36 Å². The van der Waals surface area contributed by atoms with Crippen LogP contribution in [0.25, 0.3) is 38.8 Å². The number of hydrogen-bond donors (Lipinski definition) is 1. The highest BCUT2D eigenvalue weighted by atomic mass is 35.5. The first-order valence-corrected chi connectivity index (χ1v) is 10.9. The molecule has 0 aliphatic rings. The number of nitrogens with zero attached hydrogens (tertiary/aromatic N) is 6. The Hall–Kier alpha value is -4.04. The van der Waals surface area contributed by atoms with Gasteiger partial charge in [-0.15, -0.1) is 10.2 Å². The summed E-state index contributed by atoms with van der Waals surface area (Å²) in [6.45, 7) is 2.55. The quantitative estimate of drug-likeness (QED) is 0.430. The molecular weight excluding hydrogens is 438 g/mol. The molecule has 6 rings (SSSR count). The summed E-state index contributed by atoms with van der Waals surface area (Å²) < 4.78 is 3.13. The van der Waals surface area contributed by atoms with Crippen LogP contribution in [0.1, 0.15) is 11.1 Å². The molecule has 0 bridgehead atoms. The largest absolute Gasteiger partial charge is 0.361 e. The number of benzene rings is 2. The van der Waals surface area contributed by atoms with Gasteiger partial charge in [0.2, 0.25) is 0 Å². The lowest BCUT2D eigenvalue weighted by molar-refractivity contribution is 0.659. The molecule has 6 aromatic rings. The molecule has 162 valence electrons. The Balaban J connectivity index is 1.37. The molecule has 0 amide bonds. The Labute approximate surface area is 192 Å². The molecule has 9 heteroatoms. The number of aryl methyl sites for hydroxylation is 3. The maximum absolute atomic E-state index is 13.1. The van der Waals surface area contributed by atoms with Crippen molar-refractivity contribution in [2.45, 2.75) is 19.9 Å². The number of hydrogen-bond acceptors (Lipinski definition) is 5. The van der Waals surface area contributed by atoms with Crippen molar-refractivity contribution in [3.63, 3.8) is 0 Å². The first-order valence-electron chi connectivity index (χ1n) is 10.5. The zero-order chi connectivity index (χ0) is 22.5. The minimum absolute atomic E-state index is 0.186. The van der Waals surface area contributed by atoms with E-state index < -0.39 is 0 Å². The smallest absolute Gasteiger partial charge is 0.283 e. The first-order chi connectivity index (χ1) is 16.1. The van der Waals surface area contributed by atoms with Crippen molar-refractivity contribution in [3.8, 4) is 11.1 Å². The Morgan fingerprint density at radius 3 is 2.76 bits per heavy atom. The van der Waals surface area contributed by atoms with Gasteiger partial charge >= 0.3 is 0 Å². The van der Waals surface area contributed by atoms with E-state index >= 15 is 0 Å². The third-order valence-electron chi connectivity index (χ3n) is 5.88. The van der Waals surface area contributed by atoms with Crippen molar-refractivity contribution in [1.82, 2.24) is 34.3 Å². The fourth-order valence-corrected chi connectivity index (χ4v) is 4.26. The van der Waals surface area contributed by atoms with Gasteiger partial charge in [-0.25, -0.2) is 4.98 Å². The van der Waals surface area contributed by atoms with Crippen molar-refractivity contribution < 1.29 is 0 Å². The average molecular weight is 456 g/mol. The van der Waals surface area contributed by atoms with E-state index in [0.29, 0.717) is 29.3 Å². The first kappa shape index (κ1) is 19.6. The molecule has 0 aliphatic carbocycles. The van der Waals surface area contributed by atoms with Crippen LogP contribution in [0.4, 0.5) is 0 Å². The number of aromatic nitrogens is 7. The van der Waals surface area contributed by atoms with Crippen molar-refractivity contribution in [1.29, 1.82) is 0 Å². The van der Waals surface area contributed by atoms with E-state index in [-0.39, 0.29) is 11.1 Å². The van der Waals surface area contributed by atoms with Crippen molar-refractivity contribution >= 4 is 39.3 Å². The summed E-state index contributed by atoms with van der Waals surface area (Å²) in [5, 5.41) is 14.7. The molecule has 0 atom stereocenters. The fraction of sp³-hybridized carbons (Fsp3) is 0.125. The summed E-state index contributed by atoms with van der Waals surface area (Å²) in [5.41, 5.74) is 5.99. The summed E-state index contributed by atoms with van der Waals surface area (Å²) in [5.74, 6) is 0. The van der Waals surface area contributed by atoms with Crippen molar-refractivity contribution in [2.24, 2.45) is 0 Å². The second kappa shape index (κ2) is 7.53. The van der Waals surface area contributed by atoms with Crippen molar-refractivity contribution in [3.05, 3.63) is 87.7 Å². The van der Waals surface area contributed by atoms with Gasteiger partial charge in [0.25, 0.3) is 5.56 Å². The standard InChI is InChI=1S/C24H18ClN7O/c1-14-2-7-20-18(10-14)16(11-26-20)8-9-31-13-27-23-21(24(31)33)29-30-22-19(12-28-32(22)23)15-3-5-17(25)6-4-15/h2-7,10-13,26H,8-9H2,1H3. The lowest BCUT2D eigenvalue weighted by Gasteiger charge is -2.07. The van der Waals surface area contributed by atoms with E-state index in [0.717, 1.165) is 22.2 Å². The third-order valence-corrected chi connectivity index (χ3v) is 6.14. The number of H-pyrrole nitrogens is 1. The van der Waals surface area contributed by atoms with Crippen LogP contribution in [0.2, 0.25) is 5.02 Å². The van der Waals surface area contributed by atoms with Gasteiger partial charge in [0.05, 0.1) is 6.20 Å². The second-order valence-electron chi connectivity index (χ2n) is 8.03. The van der Waals surface area contributed by atoms with Gasteiger partial charge in [0.15, 0.2) is 16.8 Å². The molecule has 0 saturated heterocycles. The monoisotopic (exact) mass is 455 g/mol. The Morgan fingerprint density at radius 2 is 1.91 bits per heavy atom. The van der Waals surface area contributed by atoms with Gasteiger partial charge < -0.3 is 4.98 Å². The van der Waals surface area contributed by atoms with Crippen LogP contribution in [0.3, 0.4) is 0 Å². The highest BCUT2D eigenvalue weighted by Crippen LogP contribution is 2.25. The Bertz CT molecular complexity index is 1710. The molecule has 1 N–H and O–H groups in total. The van der Waals surface area contributed by atoms with Crippen LogP contribution in [0.15, 0.2) is 66.0 Å². The SMILES string of the molecule is Cc1ccc2[nH]cc(CCn3cnc4c(nnc5c(-c6ccc(Cl)cc6)cnn54)c3=O)c2c1. The van der Waals surface area contributed by atoms with E-state index in [1.54, 1.807) is 33.7 Å². The summed E-state index contributed by atoms with van der Waals surface area (Å²) in [6.07, 6.45) is 5.93. The average Bonchev–Trinajstić information content (AvgIpc) is 3.43. The molecular formula is C24H18ClN7O. The molecule has 0 aliphatic heterocycles. The van der Waals surface area contributed by atoms with Gasteiger partial charge in [0, 0.05) is 34.2 Å². The molecule has 8 nitrogen and oxygen atoms in total. The van der Waals surface area contributed by atoms with Gasteiger partial charge in [-0.2, -0.15) is 9.61 Å². The number of rotatable bonds is 4. The van der Waals surface area contributed by atoms with Crippen LogP contribution in [0, 0.1) is 6.92 Å². The van der Waals surface area contributed by atoms with E-state index in [1.165, 1.54) is 10.9 Å². The fourth-order valence-electron chi connectivity index (χ4n) is 4.14. The van der Waals surface area contributed by atoms with E-state index in [4.69, 9.17) is 11.6 Å². The zero-order valence-electron chi connectivity index (χ0n) is 17.7. The highest BCUT2D eigenvalue weighted by molar-refractivity contribution is 6.30. The normalized spacial score (nSPS) is 11.7. The van der Waals surface area contributed by atoms with Gasteiger partial charge in [-0.1, -0.05) is 35.4 Å². The molecule has 0 radical (unpaired) electrons. The van der Waals surface area contributed by atoms with E-state index in [1.807, 2.05) is 18.3 Å². The lowest BCUT2D eigenvalue weighted by atomic mass is 10.1. The minimum atomic E-state index is -0.242. The molecule has 4 aromatic heterocycles. The van der Waals surface area contributed by atoms with Crippen LogP contribution in [0.5, 0.6) is 0 Å². The van der Waals surface area contributed by atoms with Crippen LogP contribution >= 0.6 is 11.6 Å². The van der Waals surface area contributed by atoms with Gasteiger partial charge in [0.1, 0.15) is 6.33 Å². The molecule has 4 heterocycles. The maximum atomic E-state index is 13.1. The number of halogens is 1. The topological polar surface area (TPSA) is 93.8 Å². The highest BCUT2D eigenvalue weighted by Gasteiger charge is 2.15. The summed E-state index contributed by atoms with van der Waals surface area (Å²) >= 11 is 6.00. The predicted octanol–water partition coefficient (Wildman–Crippen LogP) is 4.19. The number of fused-ring (bicyclic) bond motifs is 4. The van der Waals surface area contributed by atoms with E-state index in [9.17, 15) is 4.79 Å². The molecule has 2 aromatic carbocycles. The molecule has 0 saturated carbocycles. The minimum Gasteiger partial charge on any atom is -0.361 e. The van der Waals surface area contributed by atoms with Crippen LogP contribution in [-0.2, 0) is 13.0 Å². The predicted molar refractivity (Wildman–Crippen MR) is 128 cm³/mol. The molecule has 0 spiro atoms. The van der Waals surface area contributed by atoms with Crippen LogP contribution < -0.4 is 5.56 Å². The molecule has 0 fully saturated rings. The third kappa shape index (κ3) is 3.27. The second-order valence-corrected chi connectivity index (χ2v) is 8.47. The van der Waals surface area contributed by atoms with Crippen molar-refractivity contribution in [2.75, 3.05) is 0 Å². The number of aromatic amines is 1. The zero-order valence-corrected chi connectivity index (χ0v) is 18.4. The van der Waals surface area contributed by atoms with E-state index in [2.05, 4.69) is 50.4 Å². The molecule has 0 unspecified atom stereocenters. The summed E-state index contributed by atoms with van der Waals surface area (Å²) in [7, 11) is 0. The van der Waals surface area contributed by atoms with Gasteiger partial charge in [-0.05, 0) is 48.7 Å². The lowest BCUT2D eigenvalue weighted by Crippen LogP contribution is -2.23. The Morgan fingerprint density at radius 1 is 1.06 bits per heavy atom. The summed E-state index contributed by atoms with van der Waals surface area (Å²) in [4.78, 5) is 20.9. The Kier molecular flexibility index (Phi) is 4.48. The number of nitrogens with one attached hydrogen (secondary N) is 1. The van der Waals surface area contributed by atoms with Crippen LogP contribution in [-0.4, -0.2) is 34.3 Å². The molecule has 33 heavy (non-hydrogen) atoms. The maximum Gasteiger partial charge on any atom is 0.283 e. The summed E-state index contributed by atoms with van der Waals surface area (Å²) in [6, 6.07) is 13.7.